The summed E-state index contributed by atoms with van der Waals surface area (Å²) in [5.41, 5.74) is 7.04. The second kappa shape index (κ2) is 17.4. The Labute approximate surface area is 332 Å². The molecule has 4 heterocycles. The number of rotatable bonds is 11. The van der Waals surface area contributed by atoms with E-state index in [4.69, 9.17) is 14.2 Å². The fraction of sp³-hybridized carbons (Fsp3) is 0.130. The van der Waals surface area contributed by atoms with Crippen molar-refractivity contribution in [3.8, 4) is 34.0 Å². The lowest BCUT2D eigenvalue weighted by atomic mass is 10.0. The first-order valence-corrected chi connectivity index (χ1v) is 19.6. The Balaban J connectivity index is 0.000000172. The Kier molecular flexibility index (Phi) is 11.8. The van der Waals surface area contributed by atoms with E-state index in [1.165, 1.54) is 19.8 Å². The summed E-state index contributed by atoms with van der Waals surface area (Å²) in [6.07, 6.45) is 4.96. The van der Waals surface area contributed by atoms with Gasteiger partial charge in [-0.3, -0.25) is 0 Å². The molecule has 0 aliphatic heterocycles. The number of hydrogen-bond acceptors (Lipinski definition) is 9. The molecule has 8 rings (SSSR count). The van der Waals surface area contributed by atoms with Gasteiger partial charge in [0.15, 0.2) is 0 Å². The fourth-order valence-electron chi connectivity index (χ4n) is 6.57. The number of methoxy groups -OCH3 is 2. The third-order valence-electron chi connectivity index (χ3n) is 9.11. The van der Waals surface area contributed by atoms with Crippen molar-refractivity contribution in [2.75, 3.05) is 20.8 Å². The lowest BCUT2D eigenvalue weighted by Crippen LogP contribution is -2.04. The van der Waals surface area contributed by atoms with Crippen molar-refractivity contribution in [3.63, 3.8) is 0 Å². The minimum absolute atomic E-state index is 0.293. The first kappa shape index (κ1) is 37.9. The number of aromatic carboxylic acids is 1. The zero-order chi connectivity index (χ0) is 39.0. The summed E-state index contributed by atoms with van der Waals surface area (Å²) < 4.78 is 18.2. The van der Waals surface area contributed by atoms with Crippen LogP contribution in [0.5, 0.6) is 11.8 Å². The van der Waals surface area contributed by atoms with Gasteiger partial charge in [0.1, 0.15) is 0 Å². The summed E-state index contributed by atoms with van der Waals surface area (Å²) in [6, 6.07) is 39.4. The molecule has 10 heteroatoms. The smallest absolute Gasteiger partial charge is 0.338 e. The molecule has 8 aromatic rings. The molecule has 1 N–H and O–H groups in total. The van der Waals surface area contributed by atoms with Crippen molar-refractivity contribution >= 4 is 54.8 Å². The van der Waals surface area contributed by atoms with Crippen LogP contribution in [0.2, 0.25) is 0 Å². The predicted octanol–water partition coefficient (Wildman–Crippen LogP) is 11.0. The van der Waals surface area contributed by atoms with Crippen LogP contribution in [0.3, 0.4) is 0 Å². The average Bonchev–Trinajstić information content (AvgIpc) is 3.85. The van der Waals surface area contributed by atoms with E-state index in [1.807, 2.05) is 67.6 Å². The molecule has 0 fully saturated rings. The normalized spacial score (nSPS) is 10.8. The topological polar surface area (TPSA) is 108 Å². The number of carboxylic acid groups (broad SMARTS) is 1. The lowest BCUT2D eigenvalue weighted by molar-refractivity contribution is 0.0526. The highest BCUT2D eigenvalue weighted by Crippen LogP contribution is 2.38. The lowest BCUT2D eigenvalue weighted by Gasteiger charge is -2.07. The summed E-state index contributed by atoms with van der Waals surface area (Å²) in [5.74, 6) is 0.0910. The summed E-state index contributed by atoms with van der Waals surface area (Å²) in [4.78, 5) is 34.4. The highest BCUT2D eigenvalue weighted by atomic mass is 32.1. The van der Waals surface area contributed by atoms with Crippen molar-refractivity contribution in [1.82, 2.24) is 9.97 Å². The maximum atomic E-state index is 12.1. The maximum Gasteiger partial charge on any atom is 0.338 e. The summed E-state index contributed by atoms with van der Waals surface area (Å²) in [7, 11) is 3.27. The van der Waals surface area contributed by atoms with E-state index in [1.54, 1.807) is 73.6 Å². The van der Waals surface area contributed by atoms with Crippen molar-refractivity contribution in [1.29, 1.82) is 0 Å². The monoisotopic (exact) mass is 778 g/mol. The molecule has 4 aromatic carbocycles. The quantitative estimate of drug-likeness (QED) is 0.129. The summed E-state index contributed by atoms with van der Waals surface area (Å²) in [6.45, 7) is 2.18. The number of carbonyl (C=O) groups is 2. The van der Waals surface area contributed by atoms with E-state index < -0.39 is 5.97 Å². The van der Waals surface area contributed by atoms with Gasteiger partial charge >= 0.3 is 11.9 Å². The highest BCUT2D eigenvalue weighted by Gasteiger charge is 2.15. The second-order valence-electron chi connectivity index (χ2n) is 12.8. The number of benzene rings is 4. The zero-order valence-electron chi connectivity index (χ0n) is 31.0. The van der Waals surface area contributed by atoms with Crippen molar-refractivity contribution < 1.29 is 28.9 Å². The molecule has 4 aromatic heterocycles. The SMILES string of the molecule is CCOC(=O)c1cccc(-c2cccc3cc(Cc4cccnc4OC)sc23)c1.COc1ncccc1Cc1cc2cccc(-c3cccc(C(=O)O)c3)c2s1. The number of hydrogen-bond donors (Lipinski definition) is 1. The van der Waals surface area contributed by atoms with Crippen LogP contribution >= 0.6 is 22.7 Å². The van der Waals surface area contributed by atoms with Gasteiger partial charge in [0.2, 0.25) is 11.8 Å². The first-order valence-electron chi connectivity index (χ1n) is 17.9. The number of fused-ring (bicyclic) bond motifs is 2. The van der Waals surface area contributed by atoms with E-state index in [2.05, 4.69) is 46.4 Å². The largest absolute Gasteiger partial charge is 0.481 e. The van der Waals surface area contributed by atoms with Gasteiger partial charge in [0.25, 0.3) is 0 Å². The molecule has 56 heavy (non-hydrogen) atoms. The minimum Gasteiger partial charge on any atom is -0.481 e. The van der Waals surface area contributed by atoms with E-state index in [9.17, 15) is 14.7 Å². The third-order valence-corrected chi connectivity index (χ3v) is 11.5. The number of aromatic nitrogens is 2. The van der Waals surface area contributed by atoms with Gasteiger partial charge in [0.05, 0.1) is 32.0 Å². The molecular formula is C46H38N2O6S2. The van der Waals surface area contributed by atoms with Crippen LogP contribution in [0.4, 0.5) is 0 Å². The van der Waals surface area contributed by atoms with Gasteiger partial charge in [-0.1, -0.05) is 72.8 Å². The Morgan fingerprint density at radius 2 is 1.09 bits per heavy atom. The summed E-state index contributed by atoms with van der Waals surface area (Å²) >= 11 is 3.47. The number of carboxylic acids is 1. The van der Waals surface area contributed by atoms with Crippen LogP contribution in [0, 0.1) is 0 Å². The molecule has 0 atom stereocenters. The molecule has 0 spiro atoms. The fourth-order valence-corrected chi connectivity index (χ4v) is 9.00. The van der Waals surface area contributed by atoms with E-state index in [0.717, 1.165) is 56.3 Å². The van der Waals surface area contributed by atoms with Crippen molar-refractivity contribution in [2.24, 2.45) is 0 Å². The molecule has 0 aliphatic carbocycles. The van der Waals surface area contributed by atoms with Crippen LogP contribution in [-0.2, 0) is 17.6 Å². The first-order chi connectivity index (χ1) is 27.3. The highest BCUT2D eigenvalue weighted by molar-refractivity contribution is 7.20. The number of ether oxygens (including phenoxy) is 3. The minimum atomic E-state index is -0.917. The average molecular weight is 779 g/mol. The van der Waals surface area contributed by atoms with Gasteiger partial charge in [-0.2, -0.15) is 0 Å². The van der Waals surface area contributed by atoms with Gasteiger partial charge in [-0.15, -0.1) is 22.7 Å². The van der Waals surface area contributed by atoms with E-state index >= 15 is 0 Å². The van der Waals surface area contributed by atoms with E-state index in [-0.39, 0.29) is 5.97 Å². The van der Waals surface area contributed by atoms with Gasteiger partial charge in [-0.25, -0.2) is 19.6 Å². The Morgan fingerprint density at radius 3 is 1.57 bits per heavy atom. The molecule has 0 unspecified atom stereocenters. The van der Waals surface area contributed by atoms with Crippen molar-refractivity contribution in [3.05, 3.63) is 166 Å². The van der Waals surface area contributed by atoms with Crippen LogP contribution in [0.25, 0.3) is 42.4 Å². The number of carbonyl (C=O) groups excluding carboxylic acids is 1. The third kappa shape index (κ3) is 8.47. The molecule has 0 saturated heterocycles. The Hall–Kier alpha value is -6.36. The predicted molar refractivity (Wildman–Crippen MR) is 225 cm³/mol. The molecule has 0 radical (unpaired) electrons. The van der Waals surface area contributed by atoms with Gasteiger partial charge < -0.3 is 19.3 Å². The van der Waals surface area contributed by atoms with Gasteiger partial charge in [0, 0.05) is 55.5 Å². The molecule has 280 valence electrons. The molecule has 0 bridgehead atoms. The molecule has 0 saturated carbocycles. The number of thiophene rings is 2. The summed E-state index contributed by atoms with van der Waals surface area (Å²) in [5, 5.41) is 11.6. The number of pyridine rings is 2. The maximum absolute atomic E-state index is 12.1. The van der Waals surface area contributed by atoms with Crippen LogP contribution in [-0.4, -0.2) is 47.8 Å². The molecule has 0 aliphatic rings. The Bertz CT molecular complexity index is 2670. The molecular weight excluding hydrogens is 741 g/mol. The number of nitrogens with zero attached hydrogens (tertiary/aromatic N) is 2. The standard InChI is InChI=1S/C24H21NO3S.C22H17NO3S/c1-3-28-24(26)19-9-4-7-16(13-19)21-11-5-8-17-14-20(29-22(17)21)15-18-10-6-12-25-23(18)27-2;1-26-21-16(8-4-10-23-21)13-18-12-15-6-3-9-19(20(15)27-18)14-5-2-7-17(11-14)22(24)25/h4-14H,3,15H2,1-2H3;2-12H,13H2,1H3,(H,24,25). The van der Waals surface area contributed by atoms with Crippen molar-refractivity contribution in [2.45, 2.75) is 19.8 Å². The Morgan fingerprint density at radius 1 is 0.607 bits per heavy atom. The molecule has 0 amide bonds. The van der Waals surface area contributed by atoms with Crippen LogP contribution in [0.1, 0.15) is 48.5 Å². The second-order valence-corrected chi connectivity index (χ2v) is 15.0. The van der Waals surface area contributed by atoms with Gasteiger partial charge in [-0.05, 0) is 88.5 Å². The van der Waals surface area contributed by atoms with E-state index in [0.29, 0.717) is 29.5 Å². The van der Waals surface area contributed by atoms with Crippen LogP contribution in [0.15, 0.2) is 134 Å². The zero-order valence-corrected chi connectivity index (χ0v) is 32.7. The van der Waals surface area contributed by atoms with Crippen LogP contribution < -0.4 is 9.47 Å². The number of esters is 1. The molecule has 8 nitrogen and oxygen atoms in total.